The Balaban J connectivity index is 1.74. The fourth-order valence-electron chi connectivity index (χ4n) is 3.64. The number of benzene rings is 2. The maximum atomic E-state index is 12.6. The molecule has 0 bridgehead atoms. The standard InChI is InChI=1S/C21H25F2NO/c22-21(23)16-25-20-13-7-12-19(20)24(14-17-8-3-1-4-9-17)15-18-10-5-2-6-11-18/h1-6,8-11,19-21H,7,12-16H2. The number of nitrogens with zero attached hydrogens (tertiary/aromatic N) is 1. The second-order valence-electron chi connectivity index (χ2n) is 6.64. The van der Waals surface area contributed by atoms with Crippen LogP contribution in [0, 0.1) is 0 Å². The lowest BCUT2D eigenvalue weighted by molar-refractivity contribution is -0.0520. The second kappa shape index (κ2) is 9.07. The molecule has 134 valence electrons. The Hall–Kier alpha value is -1.78. The molecule has 0 N–H and O–H groups in total. The summed E-state index contributed by atoms with van der Waals surface area (Å²) in [5.74, 6) is 0. The lowest BCUT2D eigenvalue weighted by Gasteiger charge is -2.33. The van der Waals surface area contributed by atoms with Crippen molar-refractivity contribution in [2.24, 2.45) is 0 Å². The first kappa shape index (κ1) is 18.0. The van der Waals surface area contributed by atoms with E-state index in [9.17, 15) is 8.78 Å². The van der Waals surface area contributed by atoms with Gasteiger partial charge >= 0.3 is 0 Å². The van der Waals surface area contributed by atoms with Crippen LogP contribution in [0.4, 0.5) is 8.78 Å². The van der Waals surface area contributed by atoms with E-state index >= 15 is 0 Å². The number of ether oxygens (including phenoxy) is 1. The largest absolute Gasteiger partial charge is 0.371 e. The molecule has 0 aromatic heterocycles. The smallest absolute Gasteiger partial charge is 0.261 e. The second-order valence-corrected chi connectivity index (χ2v) is 6.64. The van der Waals surface area contributed by atoms with E-state index in [2.05, 4.69) is 29.2 Å². The average Bonchev–Trinajstić information content (AvgIpc) is 3.10. The molecule has 1 aliphatic carbocycles. The van der Waals surface area contributed by atoms with E-state index < -0.39 is 13.0 Å². The molecule has 1 aliphatic rings. The molecule has 3 rings (SSSR count). The normalized spacial score (nSPS) is 20.5. The molecule has 2 aromatic carbocycles. The minimum Gasteiger partial charge on any atom is -0.371 e. The molecule has 4 heteroatoms. The van der Waals surface area contributed by atoms with Crippen LogP contribution < -0.4 is 0 Å². The molecule has 0 amide bonds. The quantitative estimate of drug-likeness (QED) is 0.675. The van der Waals surface area contributed by atoms with E-state index in [0.29, 0.717) is 0 Å². The van der Waals surface area contributed by atoms with Gasteiger partial charge in [-0.2, -0.15) is 0 Å². The molecule has 1 fully saturated rings. The summed E-state index contributed by atoms with van der Waals surface area (Å²) in [7, 11) is 0. The Morgan fingerprint density at radius 3 is 1.96 bits per heavy atom. The van der Waals surface area contributed by atoms with E-state index in [-0.39, 0.29) is 12.1 Å². The van der Waals surface area contributed by atoms with Gasteiger partial charge in [0.15, 0.2) is 0 Å². The van der Waals surface area contributed by atoms with Crippen LogP contribution in [0.15, 0.2) is 60.7 Å². The molecule has 2 unspecified atom stereocenters. The number of hydrogen-bond acceptors (Lipinski definition) is 2. The highest BCUT2D eigenvalue weighted by atomic mass is 19.3. The van der Waals surface area contributed by atoms with Crippen LogP contribution >= 0.6 is 0 Å². The lowest BCUT2D eigenvalue weighted by atomic mass is 10.1. The van der Waals surface area contributed by atoms with Crippen LogP contribution in [0.1, 0.15) is 30.4 Å². The fourth-order valence-corrected chi connectivity index (χ4v) is 3.64. The summed E-state index contributed by atoms with van der Waals surface area (Å²) in [6.07, 6.45) is 0.364. The van der Waals surface area contributed by atoms with Gasteiger partial charge in [-0.3, -0.25) is 4.90 Å². The predicted octanol–water partition coefficient (Wildman–Crippen LogP) is 4.89. The Bertz CT molecular complexity index is 579. The highest BCUT2D eigenvalue weighted by Crippen LogP contribution is 2.29. The van der Waals surface area contributed by atoms with E-state index in [1.54, 1.807) is 0 Å². The van der Waals surface area contributed by atoms with Crippen molar-refractivity contribution in [1.29, 1.82) is 0 Å². The van der Waals surface area contributed by atoms with E-state index in [0.717, 1.165) is 32.4 Å². The zero-order valence-corrected chi connectivity index (χ0v) is 14.4. The molecule has 0 saturated heterocycles. The van der Waals surface area contributed by atoms with Crippen LogP contribution in [-0.2, 0) is 17.8 Å². The van der Waals surface area contributed by atoms with E-state index in [4.69, 9.17) is 4.74 Å². The van der Waals surface area contributed by atoms with Gasteiger partial charge < -0.3 is 4.74 Å². The van der Waals surface area contributed by atoms with E-state index in [1.807, 2.05) is 36.4 Å². The first-order chi connectivity index (χ1) is 12.2. The number of hydrogen-bond donors (Lipinski definition) is 0. The van der Waals surface area contributed by atoms with Crippen molar-refractivity contribution >= 4 is 0 Å². The zero-order chi connectivity index (χ0) is 17.5. The van der Waals surface area contributed by atoms with Gasteiger partial charge in [-0.25, -0.2) is 8.78 Å². The third kappa shape index (κ3) is 5.35. The van der Waals surface area contributed by atoms with Crippen LogP contribution in [0.5, 0.6) is 0 Å². The van der Waals surface area contributed by atoms with Gasteiger partial charge in [0.1, 0.15) is 6.61 Å². The summed E-state index contributed by atoms with van der Waals surface area (Å²) in [5, 5.41) is 0. The maximum Gasteiger partial charge on any atom is 0.261 e. The third-order valence-electron chi connectivity index (χ3n) is 4.78. The van der Waals surface area contributed by atoms with Gasteiger partial charge in [0.25, 0.3) is 6.43 Å². The van der Waals surface area contributed by atoms with Crippen LogP contribution in [0.2, 0.25) is 0 Å². The first-order valence-electron chi connectivity index (χ1n) is 8.94. The molecule has 0 aliphatic heterocycles. The van der Waals surface area contributed by atoms with Gasteiger partial charge in [0.2, 0.25) is 0 Å². The summed E-state index contributed by atoms with van der Waals surface area (Å²) < 4.78 is 30.7. The molecule has 0 spiro atoms. The SMILES string of the molecule is FC(F)COC1CCCC1N(Cc1ccccc1)Cc1ccccc1. The molecule has 2 atom stereocenters. The molecule has 0 heterocycles. The summed E-state index contributed by atoms with van der Waals surface area (Å²) in [6.45, 7) is 1.13. The number of rotatable bonds is 8. The summed E-state index contributed by atoms with van der Waals surface area (Å²) in [6, 6.07) is 20.8. The zero-order valence-electron chi connectivity index (χ0n) is 14.4. The van der Waals surface area contributed by atoms with E-state index in [1.165, 1.54) is 11.1 Å². The third-order valence-corrected chi connectivity index (χ3v) is 4.78. The van der Waals surface area contributed by atoms with Gasteiger partial charge in [-0.05, 0) is 30.4 Å². The minimum atomic E-state index is -2.40. The van der Waals surface area contributed by atoms with Crippen molar-refractivity contribution in [2.75, 3.05) is 6.61 Å². The number of alkyl halides is 2. The Kier molecular flexibility index (Phi) is 6.54. The van der Waals surface area contributed by atoms with Crippen LogP contribution in [0.3, 0.4) is 0 Å². The van der Waals surface area contributed by atoms with Gasteiger partial charge in [-0.15, -0.1) is 0 Å². The summed E-state index contributed by atoms with van der Waals surface area (Å²) >= 11 is 0. The Morgan fingerprint density at radius 1 is 0.880 bits per heavy atom. The highest BCUT2D eigenvalue weighted by Gasteiger charge is 2.33. The van der Waals surface area contributed by atoms with Crippen LogP contribution in [-0.4, -0.2) is 30.1 Å². The molecule has 1 saturated carbocycles. The predicted molar refractivity (Wildman–Crippen MR) is 95.5 cm³/mol. The molecule has 2 aromatic rings. The molecule has 25 heavy (non-hydrogen) atoms. The first-order valence-corrected chi connectivity index (χ1v) is 8.94. The van der Waals surface area contributed by atoms with Gasteiger partial charge in [0, 0.05) is 19.1 Å². The highest BCUT2D eigenvalue weighted by molar-refractivity contribution is 5.17. The summed E-state index contributed by atoms with van der Waals surface area (Å²) in [5.41, 5.74) is 2.47. The van der Waals surface area contributed by atoms with Crippen molar-refractivity contribution < 1.29 is 13.5 Å². The average molecular weight is 345 g/mol. The Labute approximate surface area is 148 Å². The van der Waals surface area contributed by atoms with Gasteiger partial charge in [-0.1, -0.05) is 60.7 Å². The fraction of sp³-hybridized carbons (Fsp3) is 0.429. The van der Waals surface area contributed by atoms with Gasteiger partial charge in [0.05, 0.1) is 6.10 Å². The lowest BCUT2D eigenvalue weighted by Crippen LogP contribution is -2.41. The maximum absolute atomic E-state index is 12.6. The Morgan fingerprint density at radius 2 is 1.44 bits per heavy atom. The molecular weight excluding hydrogens is 320 g/mol. The molecular formula is C21H25F2NO. The number of halogens is 2. The van der Waals surface area contributed by atoms with Crippen LogP contribution in [0.25, 0.3) is 0 Å². The minimum absolute atomic E-state index is 0.110. The molecule has 0 radical (unpaired) electrons. The van der Waals surface area contributed by atoms with Crippen molar-refractivity contribution in [3.05, 3.63) is 71.8 Å². The molecule has 2 nitrogen and oxygen atoms in total. The summed E-state index contributed by atoms with van der Waals surface area (Å²) in [4.78, 5) is 2.38. The topological polar surface area (TPSA) is 12.5 Å². The van der Waals surface area contributed by atoms with Crippen molar-refractivity contribution in [3.8, 4) is 0 Å². The van der Waals surface area contributed by atoms with Crippen molar-refractivity contribution in [1.82, 2.24) is 4.90 Å². The van der Waals surface area contributed by atoms with Crippen molar-refractivity contribution in [2.45, 2.75) is 50.9 Å². The monoisotopic (exact) mass is 345 g/mol. The van der Waals surface area contributed by atoms with Crippen molar-refractivity contribution in [3.63, 3.8) is 0 Å².